The van der Waals surface area contributed by atoms with Gasteiger partial charge in [-0.2, -0.15) is 4.98 Å². The van der Waals surface area contributed by atoms with Gasteiger partial charge in [-0.3, -0.25) is 4.79 Å². The van der Waals surface area contributed by atoms with Crippen molar-refractivity contribution in [3.05, 3.63) is 45.8 Å². The molecule has 96 valence electrons. The molecule has 0 bridgehead atoms. The summed E-state index contributed by atoms with van der Waals surface area (Å²) in [6.45, 7) is 0.530. The van der Waals surface area contributed by atoms with E-state index in [1.54, 1.807) is 6.07 Å². The van der Waals surface area contributed by atoms with Gasteiger partial charge in [0.2, 0.25) is 5.28 Å². The van der Waals surface area contributed by atoms with E-state index in [0.29, 0.717) is 28.6 Å². The van der Waals surface area contributed by atoms with Crippen LogP contribution in [0.3, 0.4) is 0 Å². The maximum Gasteiger partial charge on any atom is 0.254 e. The minimum atomic E-state index is -0.116. The number of halogens is 2. The number of nitrogens with one attached hydrogen (secondary N) is 2. The normalized spacial score (nSPS) is 13.1. The molecule has 0 atom stereocenters. The van der Waals surface area contributed by atoms with Crippen LogP contribution in [0.1, 0.15) is 15.9 Å². The summed E-state index contributed by atoms with van der Waals surface area (Å²) in [5.41, 5.74) is 2.18. The lowest BCUT2D eigenvalue weighted by Gasteiger charge is -2.10. The highest BCUT2D eigenvalue weighted by atomic mass is 35.5. The summed E-state index contributed by atoms with van der Waals surface area (Å²) in [5, 5.41) is 6.20. The Morgan fingerprint density at radius 3 is 3.00 bits per heavy atom. The minimum absolute atomic E-state index is 0.0870. The number of hydrogen-bond donors (Lipinski definition) is 2. The van der Waals surface area contributed by atoms with Crippen molar-refractivity contribution in [3.8, 4) is 0 Å². The van der Waals surface area contributed by atoms with Crippen molar-refractivity contribution >= 4 is 40.6 Å². The first-order chi connectivity index (χ1) is 9.15. The van der Waals surface area contributed by atoms with Gasteiger partial charge in [-0.25, -0.2) is 4.98 Å². The second kappa shape index (κ2) is 4.68. The summed E-state index contributed by atoms with van der Waals surface area (Å²) >= 11 is 11.7. The van der Waals surface area contributed by atoms with Crippen molar-refractivity contribution in [2.45, 2.75) is 6.54 Å². The van der Waals surface area contributed by atoms with Crippen LogP contribution >= 0.6 is 23.2 Å². The standard InChI is InChI=1S/C12H8Cl2N4O/c13-7-5-16-12(14)18-10(7)17-8-3-1-2-6-4-15-11(19)9(6)8/h1-3,5H,4H2,(H,15,19)(H,16,17,18). The Morgan fingerprint density at radius 1 is 1.32 bits per heavy atom. The van der Waals surface area contributed by atoms with Gasteiger partial charge < -0.3 is 10.6 Å². The smallest absolute Gasteiger partial charge is 0.254 e. The molecule has 1 aliphatic heterocycles. The number of amides is 1. The highest BCUT2D eigenvalue weighted by Crippen LogP contribution is 2.29. The lowest BCUT2D eigenvalue weighted by Crippen LogP contribution is -2.13. The number of aromatic nitrogens is 2. The van der Waals surface area contributed by atoms with Gasteiger partial charge in [-0.1, -0.05) is 23.7 Å². The Morgan fingerprint density at radius 2 is 2.16 bits per heavy atom. The first-order valence-electron chi connectivity index (χ1n) is 5.50. The highest BCUT2D eigenvalue weighted by molar-refractivity contribution is 6.33. The molecule has 0 radical (unpaired) electrons. The van der Waals surface area contributed by atoms with Gasteiger partial charge in [0.1, 0.15) is 5.02 Å². The molecule has 1 aliphatic rings. The summed E-state index contributed by atoms with van der Waals surface area (Å²) in [6.07, 6.45) is 1.41. The van der Waals surface area contributed by atoms with Crippen molar-refractivity contribution in [3.63, 3.8) is 0 Å². The molecule has 3 rings (SSSR count). The predicted molar refractivity (Wildman–Crippen MR) is 72.9 cm³/mol. The molecule has 2 N–H and O–H groups in total. The SMILES string of the molecule is O=C1NCc2cccc(Nc3nc(Cl)ncc3Cl)c21. The van der Waals surface area contributed by atoms with Crippen molar-refractivity contribution in [1.82, 2.24) is 15.3 Å². The van der Waals surface area contributed by atoms with Gasteiger partial charge >= 0.3 is 0 Å². The van der Waals surface area contributed by atoms with Crippen LogP contribution in [0, 0.1) is 0 Å². The van der Waals surface area contributed by atoms with Crippen molar-refractivity contribution < 1.29 is 4.79 Å². The number of carbonyl (C=O) groups is 1. The van der Waals surface area contributed by atoms with Crippen molar-refractivity contribution in [2.75, 3.05) is 5.32 Å². The Labute approximate surface area is 119 Å². The zero-order valence-electron chi connectivity index (χ0n) is 9.58. The van der Waals surface area contributed by atoms with E-state index in [9.17, 15) is 4.79 Å². The third kappa shape index (κ3) is 2.22. The zero-order chi connectivity index (χ0) is 13.4. The summed E-state index contributed by atoms with van der Waals surface area (Å²) in [5.74, 6) is 0.254. The average Bonchev–Trinajstić information content (AvgIpc) is 2.77. The Bertz CT molecular complexity index is 675. The van der Waals surface area contributed by atoms with Gasteiger partial charge in [0.25, 0.3) is 5.91 Å². The molecule has 0 aliphatic carbocycles. The van der Waals surface area contributed by atoms with E-state index in [1.807, 2.05) is 12.1 Å². The van der Waals surface area contributed by atoms with Crippen molar-refractivity contribution in [1.29, 1.82) is 0 Å². The quantitative estimate of drug-likeness (QED) is 0.836. The van der Waals surface area contributed by atoms with Crippen LogP contribution in [0.25, 0.3) is 0 Å². The molecule has 1 amide bonds. The van der Waals surface area contributed by atoms with Crippen LogP contribution in [-0.4, -0.2) is 15.9 Å². The number of nitrogens with zero attached hydrogens (tertiary/aromatic N) is 2. The molecule has 5 nitrogen and oxygen atoms in total. The van der Waals surface area contributed by atoms with Crippen molar-refractivity contribution in [2.24, 2.45) is 0 Å². The molecule has 1 aromatic carbocycles. The van der Waals surface area contributed by atoms with Gasteiger partial charge in [0.15, 0.2) is 5.82 Å². The summed E-state index contributed by atoms with van der Waals surface area (Å²) in [7, 11) is 0. The topological polar surface area (TPSA) is 66.9 Å². The Balaban J connectivity index is 2.03. The predicted octanol–water partition coefficient (Wildman–Crippen LogP) is 2.77. The van der Waals surface area contributed by atoms with Crippen LogP contribution in [0.15, 0.2) is 24.4 Å². The molecule has 0 spiro atoms. The van der Waals surface area contributed by atoms with Crippen LogP contribution < -0.4 is 10.6 Å². The lowest BCUT2D eigenvalue weighted by molar-refractivity contribution is 0.0966. The number of fused-ring (bicyclic) bond motifs is 1. The van der Waals surface area contributed by atoms with Gasteiger partial charge in [0, 0.05) is 6.54 Å². The maximum atomic E-state index is 11.8. The fraction of sp³-hybridized carbons (Fsp3) is 0.0833. The van der Waals surface area contributed by atoms with E-state index >= 15 is 0 Å². The van der Waals surface area contributed by atoms with Crippen LogP contribution in [0.2, 0.25) is 10.3 Å². The third-order valence-electron chi connectivity index (χ3n) is 2.78. The second-order valence-corrected chi connectivity index (χ2v) is 4.73. The molecule has 1 aromatic heterocycles. The van der Waals surface area contributed by atoms with E-state index < -0.39 is 0 Å². The van der Waals surface area contributed by atoms with E-state index in [0.717, 1.165) is 5.56 Å². The number of carbonyl (C=O) groups excluding carboxylic acids is 1. The van der Waals surface area contributed by atoms with Crippen LogP contribution in [0.5, 0.6) is 0 Å². The largest absolute Gasteiger partial charge is 0.348 e. The van der Waals surface area contributed by atoms with Gasteiger partial charge in [-0.05, 0) is 23.2 Å². The van der Waals surface area contributed by atoms with E-state index in [-0.39, 0.29) is 11.2 Å². The molecule has 2 heterocycles. The van der Waals surface area contributed by atoms with Gasteiger partial charge in [0.05, 0.1) is 17.4 Å². The zero-order valence-corrected chi connectivity index (χ0v) is 11.1. The Kier molecular flexibility index (Phi) is 3.00. The first kappa shape index (κ1) is 12.2. The minimum Gasteiger partial charge on any atom is -0.348 e. The second-order valence-electron chi connectivity index (χ2n) is 3.98. The number of benzene rings is 1. The average molecular weight is 295 g/mol. The van der Waals surface area contributed by atoms with E-state index in [1.165, 1.54) is 6.20 Å². The summed E-state index contributed by atoms with van der Waals surface area (Å²) in [4.78, 5) is 19.6. The molecule has 7 heteroatoms. The molecule has 0 saturated carbocycles. The van der Waals surface area contributed by atoms with E-state index in [2.05, 4.69) is 20.6 Å². The monoisotopic (exact) mass is 294 g/mol. The Hall–Kier alpha value is -1.85. The highest BCUT2D eigenvalue weighted by Gasteiger charge is 2.22. The lowest BCUT2D eigenvalue weighted by atomic mass is 10.1. The van der Waals surface area contributed by atoms with Crippen LogP contribution in [0.4, 0.5) is 11.5 Å². The first-order valence-corrected chi connectivity index (χ1v) is 6.26. The molecular weight excluding hydrogens is 287 g/mol. The number of anilines is 2. The molecule has 0 unspecified atom stereocenters. The molecular formula is C12H8Cl2N4O. The van der Waals surface area contributed by atoms with E-state index in [4.69, 9.17) is 23.2 Å². The van der Waals surface area contributed by atoms with Gasteiger partial charge in [-0.15, -0.1) is 0 Å². The molecule has 2 aromatic rings. The molecule has 0 saturated heterocycles. The molecule has 19 heavy (non-hydrogen) atoms. The van der Waals surface area contributed by atoms with Crippen LogP contribution in [-0.2, 0) is 6.54 Å². The summed E-state index contributed by atoms with van der Waals surface area (Å²) < 4.78 is 0. The fourth-order valence-corrected chi connectivity index (χ4v) is 2.22. The number of rotatable bonds is 2. The summed E-state index contributed by atoms with van der Waals surface area (Å²) in [6, 6.07) is 5.54. The fourth-order valence-electron chi connectivity index (χ4n) is 1.94. The third-order valence-corrected chi connectivity index (χ3v) is 3.24. The number of hydrogen-bond acceptors (Lipinski definition) is 4. The molecule has 0 fully saturated rings. The maximum absolute atomic E-state index is 11.8.